The molecule has 2 amide bonds. The van der Waals surface area contributed by atoms with Crippen molar-refractivity contribution in [1.82, 2.24) is 10.2 Å². The van der Waals surface area contributed by atoms with Crippen LogP contribution in [-0.2, 0) is 26.2 Å². The number of aryl methyl sites for hydroxylation is 2. The number of hydrogen-bond acceptors (Lipinski definition) is 4. The lowest BCUT2D eigenvalue weighted by atomic mass is 10.1. The minimum absolute atomic E-state index is 0.0539. The molecule has 0 unspecified atom stereocenters. The molecule has 214 valence electrons. The Balaban J connectivity index is 2.07. The van der Waals surface area contributed by atoms with Gasteiger partial charge in [0.15, 0.2) is 0 Å². The Morgan fingerprint density at radius 1 is 0.975 bits per heavy atom. The zero-order chi connectivity index (χ0) is 29.8. The molecular weight excluding hydrogens is 614 g/mol. The summed E-state index contributed by atoms with van der Waals surface area (Å²) in [7, 11) is -4.15. The van der Waals surface area contributed by atoms with E-state index in [-0.39, 0.29) is 17.3 Å². The van der Waals surface area contributed by atoms with E-state index in [1.54, 1.807) is 44.2 Å². The zero-order valence-corrected chi connectivity index (χ0v) is 26.7. The Labute approximate surface area is 250 Å². The number of anilines is 1. The highest BCUT2D eigenvalue weighted by molar-refractivity contribution is 9.10. The maximum atomic E-state index is 14.0. The highest BCUT2D eigenvalue weighted by Crippen LogP contribution is 2.29. The van der Waals surface area contributed by atoms with Crippen molar-refractivity contribution >= 4 is 55.1 Å². The number of carbonyl (C=O) groups is 2. The fourth-order valence-corrected chi connectivity index (χ4v) is 6.06. The molecule has 10 heteroatoms. The molecule has 3 aromatic carbocycles. The third kappa shape index (κ3) is 8.08. The summed E-state index contributed by atoms with van der Waals surface area (Å²) in [6.07, 6.45) is 0. The minimum atomic E-state index is -4.15. The Hall–Kier alpha value is -2.88. The number of sulfonamides is 1. The van der Waals surface area contributed by atoms with E-state index in [2.05, 4.69) is 21.2 Å². The molecule has 0 saturated carbocycles. The van der Waals surface area contributed by atoms with E-state index in [0.29, 0.717) is 16.3 Å². The average Bonchev–Trinajstić information content (AvgIpc) is 2.86. The highest BCUT2D eigenvalue weighted by Gasteiger charge is 2.34. The molecule has 3 aromatic rings. The van der Waals surface area contributed by atoms with Crippen LogP contribution in [-0.4, -0.2) is 43.3 Å². The quantitative estimate of drug-likeness (QED) is 0.297. The van der Waals surface area contributed by atoms with Crippen LogP contribution >= 0.6 is 27.5 Å². The van der Waals surface area contributed by atoms with Crippen LogP contribution in [0.5, 0.6) is 0 Å². The summed E-state index contributed by atoms with van der Waals surface area (Å²) in [5.74, 6) is -0.863. The van der Waals surface area contributed by atoms with Gasteiger partial charge in [0.2, 0.25) is 11.8 Å². The second kappa shape index (κ2) is 12.7. The lowest BCUT2D eigenvalue weighted by molar-refractivity contribution is -0.140. The molecule has 0 fully saturated rings. The second-order valence-electron chi connectivity index (χ2n) is 10.8. The molecule has 0 bridgehead atoms. The fourth-order valence-electron chi connectivity index (χ4n) is 4.09. The molecule has 7 nitrogen and oxygen atoms in total. The molecular formula is C30H35BrClN3O4S. The van der Waals surface area contributed by atoms with Crippen LogP contribution in [0, 0.1) is 13.8 Å². The maximum absolute atomic E-state index is 14.0. The van der Waals surface area contributed by atoms with Gasteiger partial charge in [0.05, 0.1) is 10.6 Å². The van der Waals surface area contributed by atoms with Gasteiger partial charge in [-0.1, -0.05) is 57.4 Å². The van der Waals surface area contributed by atoms with Crippen LogP contribution in [0.15, 0.2) is 76.1 Å². The van der Waals surface area contributed by atoms with Crippen LogP contribution in [0.1, 0.15) is 44.4 Å². The Kier molecular flexibility index (Phi) is 10.1. The van der Waals surface area contributed by atoms with Gasteiger partial charge in [-0.05, 0) is 95.1 Å². The summed E-state index contributed by atoms with van der Waals surface area (Å²) in [4.78, 5) is 28.7. The van der Waals surface area contributed by atoms with E-state index in [0.717, 1.165) is 19.9 Å². The number of halogens is 2. The van der Waals surface area contributed by atoms with Gasteiger partial charge in [0, 0.05) is 21.6 Å². The molecule has 0 aliphatic heterocycles. The van der Waals surface area contributed by atoms with Crippen molar-refractivity contribution in [2.45, 2.75) is 64.6 Å². The van der Waals surface area contributed by atoms with Gasteiger partial charge in [-0.25, -0.2) is 8.42 Å². The molecule has 0 heterocycles. The number of rotatable bonds is 9. The third-order valence-electron chi connectivity index (χ3n) is 6.25. The van der Waals surface area contributed by atoms with Crippen molar-refractivity contribution in [2.24, 2.45) is 0 Å². The number of carbonyl (C=O) groups excluding carboxylic acids is 2. The second-order valence-corrected chi connectivity index (χ2v) is 14.0. The van der Waals surface area contributed by atoms with E-state index >= 15 is 0 Å². The number of benzene rings is 3. The molecule has 1 atom stereocenters. The highest BCUT2D eigenvalue weighted by atomic mass is 79.9. The van der Waals surface area contributed by atoms with E-state index < -0.39 is 34.1 Å². The minimum Gasteiger partial charge on any atom is -0.350 e. The van der Waals surface area contributed by atoms with Crippen molar-refractivity contribution in [2.75, 3.05) is 10.8 Å². The lowest BCUT2D eigenvalue weighted by Crippen LogP contribution is -2.54. The lowest BCUT2D eigenvalue weighted by Gasteiger charge is -2.34. The van der Waals surface area contributed by atoms with Gasteiger partial charge in [-0.3, -0.25) is 13.9 Å². The summed E-state index contributed by atoms with van der Waals surface area (Å²) in [6.45, 7) is 10.4. The molecule has 0 radical (unpaired) electrons. The summed E-state index contributed by atoms with van der Waals surface area (Å²) < 4.78 is 29.9. The van der Waals surface area contributed by atoms with Crippen molar-refractivity contribution in [3.05, 3.63) is 92.9 Å². The SMILES string of the molecule is Cc1ccc(S(=O)(=O)N(CC(=O)N(Cc2ccc(Br)cc2)[C@H](C)C(=O)NC(C)(C)C)c2ccc(Cl)cc2C)cc1. The predicted octanol–water partition coefficient (Wildman–Crippen LogP) is 6.25. The summed E-state index contributed by atoms with van der Waals surface area (Å²) in [5.41, 5.74) is 2.10. The molecule has 0 aliphatic rings. The van der Waals surface area contributed by atoms with Gasteiger partial charge in [0.1, 0.15) is 12.6 Å². The first-order valence-corrected chi connectivity index (χ1v) is 15.4. The van der Waals surface area contributed by atoms with E-state index in [1.807, 2.05) is 52.0 Å². The van der Waals surface area contributed by atoms with Crippen molar-refractivity contribution in [3.63, 3.8) is 0 Å². The van der Waals surface area contributed by atoms with Gasteiger partial charge >= 0.3 is 0 Å². The molecule has 0 spiro atoms. The van der Waals surface area contributed by atoms with Gasteiger partial charge in [-0.2, -0.15) is 0 Å². The van der Waals surface area contributed by atoms with Gasteiger partial charge in [-0.15, -0.1) is 0 Å². The Morgan fingerprint density at radius 2 is 1.57 bits per heavy atom. The van der Waals surface area contributed by atoms with E-state index in [9.17, 15) is 18.0 Å². The molecule has 0 saturated heterocycles. The van der Waals surface area contributed by atoms with Crippen molar-refractivity contribution in [3.8, 4) is 0 Å². The Morgan fingerprint density at radius 3 is 2.12 bits per heavy atom. The largest absolute Gasteiger partial charge is 0.350 e. The topological polar surface area (TPSA) is 86.8 Å². The van der Waals surface area contributed by atoms with E-state index in [4.69, 9.17) is 11.6 Å². The number of amides is 2. The van der Waals surface area contributed by atoms with Crippen LogP contribution in [0.25, 0.3) is 0 Å². The summed E-state index contributed by atoms with van der Waals surface area (Å²) in [5, 5.41) is 3.37. The van der Waals surface area contributed by atoms with Crippen LogP contribution in [0.2, 0.25) is 5.02 Å². The smallest absolute Gasteiger partial charge is 0.264 e. The number of hydrogen-bond donors (Lipinski definition) is 1. The molecule has 0 aromatic heterocycles. The fraction of sp³-hybridized carbons (Fsp3) is 0.333. The average molecular weight is 649 g/mol. The molecule has 40 heavy (non-hydrogen) atoms. The summed E-state index contributed by atoms with van der Waals surface area (Å²) >= 11 is 9.58. The van der Waals surface area contributed by atoms with Crippen molar-refractivity contribution < 1.29 is 18.0 Å². The predicted molar refractivity (Wildman–Crippen MR) is 164 cm³/mol. The Bertz CT molecular complexity index is 1470. The molecule has 0 aliphatic carbocycles. The molecule has 3 rings (SSSR count). The normalized spacial score (nSPS) is 12.5. The zero-order valence-electron chi connectivity index (χ0n) is 23.5. The van der Waals surface area contributed by atoms with Crippen LogP contribution < -0.4 is 9.62 Å². The van der Waals surface area contributed by atoms with E-state index in [1.165, 1.54) is 17.0 Å². The standard InChI is InChI=1S/C30H35BrClN3O4S/c1-20-7-14-26(15-8-20)40(38,39)35(27-16-13-25(32)17-21(27)2)19-28(36)34(18-23-9-11-24(31)12-10-23)22(3)29(37)33-30(4,5)6/h7-17,22H,18-19H2,1-6H3,(H,33,37)/t22-/m1/s1. The number of nitrogens with one attached hydrogen (secondary N) is 1. The summed E-state index contributed by atoms with van der Waals surface area (Å²) in [6, 6.07) is 17.8. The number of nitrogens with zero attached hydrogens (tertiary/aromatic N) is 2. The van der Waals surface area contributed by atoms with Crippen LogP contribution in [0.4, 0.5) is 5.69 Å². The third-order valence-corrected chi connectivity index (χ3v) is 8.78. The first-order chi connectivity index (χ1) is 18.6. The first-order valence-electron chi connectivity index (χ1n) is 12.8. The monoisotopic (exact) mass is 647 g/mol. The maximum Gasteiger partial charge on any atom is 0.264 e. The first kappa shape index (κ1) is 31.6. The molecule has 1 N–H and O–H groups in total. The van der Waals surface area contributed by atoms with Gasteiger partial charge < -0.3 is 10.2 Å². The van der Waals surface area contributed by atoms with Gasteiger partial charge in [0.25, 0.3) is 10.0 Å². The van der Waals surface area contributed by atoms with Crippen LogP contribution in [0.3, 0.4) is 0 Å². The van der Waals surface area contributed by atoms with Crippen molar-refractivity contribution in [1.29, 1.82) is 0 Å².